The Labute approximate surface area is 228 Å². The maximum atomic E-state index is 12.9. The molecule has 0 aliphatic rings. The van der Waals surface area contributed by atoms with Crippen molar-refractivity contribution in [2.45, 2.75) is 9.79 Å². The molecule has 0 aliphatic heterocycles. The molecule has 0 radical (unpaired) electrons. The van der Waals surface area contributed by atoms with E-state index in [9.17, 15) is 35.5 Å². The maximum Gasteiger partial charge on any atom is 0.295 e. The number of carbonyl (C=O) groups excluding carboxylic acids is 2. The van der Waals surface area contributed by atoms with E-state index in [0.29, 0.717) is 32.9 Å². The number of anilines is 2. The van der Waals surface area contributed by atoms with Gasteiger partial charge in [0, 0.05) is 33.3 Å². The highest BCUT2D eigenvalue weighted by molar-refractivity contribution is 7.86. The summed E-state index contributed by atoms with van der Waals surface area (Å²) < 4.78 is 65.4. The Bertz CT molecular complexity index is 1910. The largest absolute Gasteiger partial charge is 0.322 e. The summed E-state index contributed by atoms with van der Waals surface area (Å²) in [4.78, 5) is 25.4. The van der Waals surface area contributed by atoms with E-state index in [0.717, 1.165) is 0 Å². The van der Waals surface area contributed by atoms with E-state index in [-0.39, 0.29) is 20.9 Å². The molecule has 12 heteroatoms. The molecule has 40 heavy (non-hydrogen) atoms. The smallest absolute Gasteiger partial charge is 0.295 e. The molecule has 202 valence electrons. The first-order valence-corrected chi connectivity index (χ1v) is 14.5. The molecular weight excluding hydrogens is 556 g/mol. The summed E-state index contributed by atoms with van der Waals surface area (Å²) in [7, 11) is -8.84. The molecule has 2 amide bonds. The number of hydrogen-bond acceptors (Lipinski definition) is 6. The fraction of sp³-hybridized carbons (Fsp3) is 0. The fourth-order valence-electron chi connectivity index (χ4n) is 4.32. The highest BCUT2D eigenvalue weighted by Gasteiger charge is 2.16. The molecule has 0 unspecified atom stereocenters. The Hall–Kier alpha value is -4.62. The summed E-state index contributed by atoms with van der Waals surface area (Å²) in [5.74, 6) is -1.02. The van der Waals surface area contributed by atoms with E-state index in [1.807, 2.05) is 0 Å². The molecule has 0 saturated carbocycles. The topological polar surface area (TPSA) is 167 Å². The molecule has 0 aliphatic carbocycles. The zero-order valence-electron chi connectivity index (χ0n) is 20.4. The normalized spacial score (nSPS) is 11.8. The molecular formula is C28H20N2O8S2. The average Bonchev–Trinajstić information content (AvgIpc) is 2.91. The zero-order chi connectivity index (χ0) is 28.7. The van der Waals surface area contributed by atoms with Crippen LogP contribution >= 0.6 is 0 Å². The highest BCUT2D eigenvalue weighted by Crippen LogP contribution is 2.27. The Morgan fingerprint density at radius 1 is 0.525 bits per heavy atom. The van der Waals surface area contributed by atoms with Gasteiger partial charge in [-0.1, -0.05) is 42.5 Å². The van der Waals surface area contributed by atoms with Crippen molar-refractivity contribution in [3.05, 3.63) is 108 Å². The van der Waals surface area contributed by atoms with Crippen LogP contribution < -0.4 is 10.6 Å². The van der Waals surface area contributed by atoms with Crippen LogP contribution in [0, 0.1) is 0 Å². The first-order valence-electron chi connectivity index (χ1n) is 11.6. The number of amides is 2. The molecule has 0 fully saturated rings. The summed E-state index contributed by atoms with van der Waals surface area (Å²) in [5, 5.41) is 6.98. The van der Waals surface area contributed by atoms with Crippen LogP contribution in [-0.2, 0) is 20.2 Å². The molecule has 0 spiro atoms. The second kappa shape index (κ2) is 10.2. The highest BCUT2D eigenvalue weighted by atomic mass is 32.2. The minimum absolute atomic E-state index is 0.190. The number of nitrogens with one attached hydrogen (secondary N) is 2. The lowest BCUT2D eigenvalue weighted by molar-refractivity contribution is 0.102. The lowest BCUT2D eigenvalue weighted by Gasteiger charge is -2.10. The van der Waals surface area contributed by atoms with Gasteiger partial charge in [0.2, 0.25) is 0 Å². The summed E-state index contributed by atoms with van der Waals surface area (Å²) >= 11 is 0. The SMILES string of the molecule is O=C(Nc1ccc2c(S(=O)(=O)O)cccc2c1)c1cccc(C(=O)Nc2ccc3c(S(=O)(=O)O)cccc3c2)c1. The summed E-state index contributed by atoms with van der Waals surface area (Å²) in [6.07, 6.45) is 0. The first-order chi connectivity index (χ1) is 18.9. The van der Waals surface area contributed by atoms with Crippen LogP contribution in [0.2, 0.25) is 0 Å². The fourth-order valence-corrected chi connectivity index (χ4v) is 5.75. The van der Waals surface area contributed by atoms with Gasteiger partial charge in [0.15, 0.2) is 0 Å². The van der Waals surface area contributed by atoms with Crippen molar-refractivity contribution in [3.63, 3.8) is 0 Å². The van der Waals surface area contributed by atoms with Crippen molar-refractivity contribution < 1.29 is 35.5 Å². The molecule has 0 bridgehead atoms. The second-order valence-corrected chi connectivity index (χ2v) is 11.6. The summed E-state index contributed by atoms with van der Waals surface area (Å²) in [6.45, 7) is 0. The van der Waals surface area contributed by atoms with Gasteiger partial charge < -0.3 is 10.6 Å². The van der Waals surface area contributed by atoms with Crippen molar-refractivity contribution in [1.82, 2.24) is 0 Å². The minimum atomic E-state index is -4.42. The van der Waals surface area contributed by atoms with Crippen LogP contribution in [0.1, 0.15) is 20.7 Å². The Balaban J connectivity index is 1.35. The van der Waals surface area contributed by atoms with Gasteiger partial charge in [-0.05, 0) is 65.4 Å². The van der Waals surface area contributed by atoms with Crippen molar-refractivity contribution >= 4 is 65.0 Å². The minimum Gasteiger partial charge on any atom is -0.322 e. The zero-order valence-corrected chi connectivity index (χ0v) is 22.0. The lowest BCUT2D eigenvalue weighted by Crippen LogP contribution is -2.15. The van der Waals surface area contributed by atoms with Gasteiger partial charge >= 0.3 is 0 Å². The molecule has 0 saturated heterocycles. The van der Waals surface area contributed by atoms with Gasteiger partial charge in [-0.2, -0.15) is 16.8 Å². The number of rotatable bonds is 6. The number of fused-ring (bicyclic) bond motifs is 2. The maximum absolute atomic E-state index is 12.9. The Kier molecular flexibility index (Phi) is 6.85. The van der Waals surface area contributed by atoms with Crippen LogP contribution in [0.4, 0.5) is 11.4 Å². The van der Waals surface area contributed by atoms with Crippen LogP contribution in [0.15, 0.2) is 107 Å². The lowest BCUT2D eigenvalue weighted by atomic mass is 10.1. The van der Waals surface area contributed by atoms with E-state index in [2.05, 4.69) is 10.6 Å². The van der Waals surface area contributed by atoms with E-state index < -0.39 is 32.1 Å². The third-order valence-corrected chi connectivity index (χ3v) is 7.96. The predicted molar refractivity (Wildman–Crippen MR) is 150 cm³/mol. The average molecular weight is 577 g/mol. The van der Waals surface area contributed by atoms with Crippen LogP contribution in [0.25, 0.3) is 21.5 Å². The van der Waals surface area contributed by atoms with E-state index >= 15 is 0 Å². The quantitative estimate of drug-likeness (QED) is 0.205. The molecule has 10 nitrogen and oxygen atoms in total. The van der Waals surface area contributed by atoms with Crippen molar-refractivity contribution in [3.8, 4) is 0 Å². The van der Waals surface area contributed by atoms with E-state index in [1.165, 1.54) is 66.7 Å². The van der Waals surface area contributed by atoms with Gasteiger partial charge in [0.05, 0.1) is 0 Å². The monoisotopic (exact) mass is 576 g/mol. The number of hydrogen-bond donors (Lipinski definition) is 4. The van der Waals surface area contributed by atoms with E-state index in [1.54, 1.807) is 30.3 Å². The van der Waals surface area contributed by atoms with Crippen LogP contribution in [0.5, 0.6) is 0 Å². The van der Waals surface area contributed by atoms with E-state index in [4.69, 9.17) is 0 Å². The summed E-state index contributed by atoms with van der Waals surface area (Å²) in [5.41, 5.74) is 1.13. The van der Waals surface area contributed by atoms with Gasteiger partial charge in [0.25, 0.3) is 32.1 Å². The standard InChI is InChI=1S/C28H20N2O8S2/c31-27(29-21-10-12-23-17(15-21)4-2-8-25(23)39(33,34)35)19-6-1-7-20(14-19)28(32)30-22-11-13-24-18(16-22)5-3-9-26(24)40(36,37)38/h1-16H,(H,29,31)(H,30,32)(H,33,34,35)(H,36,37,38). The van der Waals surface area contributed by atoms with Crippen LogP contribution in [0.3, 0.4) is 0 Å². The molecule has 5 aromatic carbocycles. The second-order valence-electron chi connectivity index (χ2n) is 8.82. The predicted octanol–water partition coefficient (Wildman–Crippen LogP) is 4.99. The molecule has 5 rings (SSSR count). The molecule has 0 atom stereocenters. The molecule has 5 aromatic rings. The van der Waals surface area contributed by atoms with Gasteiger partial charge in [-0.25, -0.2) is 0 Å². The van der Waals surface area contributed by atoms with Gasteiger partial charge in [-0.3, -0.25) is 18.7 Å². The Morgan fingerprint density at radius 3 is 1.32 bits per heavy atom. The third kappa shape index (κ3) is 5.55. The van der Waals surface area contributed by atoms with Gasteiger partial charge in [0.1, 0.15) is 9.79 Å². The number of benzene rings is 5. The Morgan fingerprint density at radius 2 is 0.925 bits per heavy atom. The third-order valence-electron chi connectivity index (χ3n) is 6.14. The molecule has 0 heterocycles. The van der Waals surface area contributed by atoms with Crippen molar-refractivity contribution in [2.75, 3.05) is 10.6 Å². The van der Waals surface area contributed by atoms with Crippen molar-refractivity contribution in [1.29, 1.82) is 0 Å². The molecule has 0 aromatic heterocycles. The van der Waals surface area contributed by atoms with Crippen molar-refractivity contribution in [2.24, 2.45) is 0 Å². The number of carbonyl (C=O) groups is 2. The first kappa shape index (κ1) is 27.0. The molecule has 4 N–H and O–H groups in total. The summed E-state index contributed by atoms with van der Waals surface area (Å²) in [6, 6.07) is 23.8. The van der Waals surface area contributed by atoms with Gasteiger partial charge in [-0.15, -0.1) is 0 Å². The van der Waals surface area contributed by atoms with Crippen LogP contribution in [-0.4, -0.2) is 37.8 Å².